The number of ether oxygens (including phenoxy) is 3. The molecule has 3 saturated carbocycles. The molecule has 13 atom stereocenters. The topological polar surface area (TPSA) is 160 Å². The third-order valence-corrected chi connectivity index (χ3v) is 13.4. The fourth-order valence-electron chi connectivity index (χ4n) is 10.7. The van der Waals surface area contributed by atoms with E-state index < -0.39 is 48.2 Å². The molecule has 0 spiro atoms. The van der Waals surface area contributed by atoms with Crippen molar-refractivity contribution in [2.24, 2.45) is 39.9 Å². The summed E-state index contributed by atoms with van der Waals surface area (Å²) in [6, 6.07) is 0. The molecule has 4 aliphatic rings. The number of fused-ring (bicyclic) bond motifs is 3. The van der Waals surface area contributed by atoms with E-state index in [0.29, 0.717) is 24.8 Å². The molecule has 266 valence electrons. The lowest BCUT2D eigenvalue weighted by atomic mass is 9.37. The molecule has 47 heavy (non-hydrogen) atoms. The minimum absolute atomic E-state index is 0.0579. The molecule has 10 heteroatoms. The van der Waals surface area contributed by atoms with Gasteiger partial charge >= 0.3 is 11.9 Å². The van der Waals surface area contributed by atoms with Gasteiger partial charge in [-0.25, -0.2) is 0 Å². The zero-order valence-corrected chi connectivity index (χ0v) is 29.4. The molecule has 4 rings (SSSR count). The second-order valence-electron chi connectivity index (χ2n) is 16.2. The van der Waals surface area contributed by atoms with Gasteiger partial charge in [0, 0.05) is 19.8 Å². The number of esters is 1. The van der Waals surface area contributed by atoms with Crippen LogP contribution in [0.5, 0.6) is 0 Å². The highest BCUT2D eigenvalue weighted by molar-refractivity contribution is 5.94. The van der Waals surface area contributed by atoms with E-state index in [-0.39, 0.29) is 71.6 Å². The quantitative estimate of drug-likeness (QED) is 0.120. The van der Waals surface area contributed by atoms with Crippen molar-refractivity contribution < 1.29 is 49.0 Å². The summed E-state index contributed by atoms with van der Waals surface area (Å²) in [6.07, 6.45) is -0.854. The predicted molar refractivity (Wildman–Crippen MR) is 175 cm³/mol. The van der Waals surface area contributed by atoms with Crippen molar-refractivity contribution in [2.75, 3.05) is 6.61 Å². The van der Waals surface area contributed by atoms with Crippen LogP contribution in [0.15, 0.2) is 24.3 Å². The average Bonchev–Trinajstić information content (AvgIpc) is 3.49. The van der Waals surface area contributed by atoms with Gasteiger partial charge in [0.15, 0.2) is 12.1 Å². The van der Waals surface area contributed by atoms with Crippen LogP contribution in [0.1, 0.15) is 106 Å². The van der Waals surface area contributed by atoms with Crippen LogP contribution in [-0.4, -0.2) is 81.1 Å². The Kier molecular flexibility index (Phi) is 11.0. The van der Waals surface area contributed by atoms with E-state index in [0.717, 1.165) is 24.8 Å². The third-order valence-electron chi connectivity index (χ3n) is 13.4. The smallest absolute Gasteiger partial charge is 0.303 e. The monoisotopic (exact) mass is 662 g/mol. The van der Waals surface area contributed by atoms with Gasteiger partial charge in [0.1, 0.15) is 24.9 Å². The van der Waals surface area contributed by atoms with Gasteiger partial charge in [0.05, 0.1) is 11.7 Å². The summed E-state index contributed by atoms with van der Waals surface area (Å²) in [7, 11) is 0. The van der Waals surface area contributed by atoms with E-state index >= 15 is 0 Å². The minimum atomic E-state index is -1.41. The number of hydrogen-bond acceptors (Lipinski definition) is 9. The number of allylic oxidation sites excluding steroid dienone is 2. The Morgan fingerprint density at radius 3 is 2.17 bits per heavy atom. The Bertz CT molecular complexity index is 1250. The molecule has 0 amide bonds. The first-order valence-corrected chi connectivity index (χ1v) is 17.3. The Labute approximate surface area is 279 Å². The Morgan fingerprint density at radius 1 is 0.957 bits per heavy atom. The molecule has 2 unspecified atom stereocenters. The summed E-state index contributed by atoms with van der Waals surface area (Å²) < 4.78 is 17.6. The van der Waals surface area contributed by atoms with E-state index in [4.69, 9.17) is 14.2 Å². The molecule has 10 nitrogen and oxygen atoms in total. The molecule has 1 aliphatic heterocycles. The molecule has 0 aromatic heterocycles. The van der Waals surface area contributed by atoms with E-state index in [2.05, 4.69) is 33.9 Å². The number of carbonyl (C=O) groups is 3. The summed E-state index contributed by atoms with van der Waals surface area (Å²) in [6.45, 7) is 21.5. The van der Waals surface area contributed by atoms with E-state index in [1.165, 1.54) is 6.92 Å². The van der Waals surface area contributed by atoms with E-state index in [9.17, 15) is 34.8 Å². The SMILES string of the molecule is C=C(C)C(=O)CC[C@](C)(O[C@@H]1O[C@@H](COC(C)=O)[C@H](O)[C@H]1O)[C@H]1CC[C@]2(C)C1[C@H](O)CC1[C@@](C)(CCC(=O)O)[C@H](C(=C)C)CC[C@]12C. The first kappa shape index (κ1) is 37.7. The van der Waals surface area contributed by atoms with Crippen molar-refractivity contribution >= 4 is 17.7 Å². The van der Waals surface area contributed by atoms with Gasteiger partial charge in [-0.1, -0.05) is 39.5 Å². The lowest BCUT2D eigenvalue weighted by Crippen LogP contribution is -2.64. The Morgan fingerprint density at radius 2 is 1.60 bits per heavy atom. The van der Waals surface area contributed by atoms with Crippen LogP contribution in [0.25, 0.3) is 0 Å². The standard InChI is InChI=1S/C37H58O10/c1-20(2)23-10-15-35(7)28(34(23,6)14-13-29(41)42)18-26(40)30-24(11-16-36(30,35)8)37(9,17-12-25(39)21(3)4)47-33-32(44)31(43)27(46-33)19-45-22(5)38/h23-24,26-28,30-33,40,43-44H,1,3,10-19H2,2,4-9H3,(H,41,42)/t23-,24-,26+,27-,28?,30?,31-,32+,33-,34-,35+,36+,37-/m0/s1. The number of Topliss-reactive ketones (excluding diaryl/α,β-unsaturated/α-hetero) is 1. The van der Waals surface area contributed by atoms with Crippen LogP contribution in [0.4, 0.5) is 0 Å². The first-order chi connectivity index (χ1) is 21.7. The van der Waals surface area contributed by atoms with Gasteiger partial charge < -0.3 is 34.6 Å². The average molecular weight is 663 g/mol. The van der Waals surface area contributed by atoms with Crippen molar-refractivity contribution in [3.8, 4) is 0 Å². The zero-order valence-electron chi connectivity index (χ0n) is 29.4. The van der Waals surface area contributed by atoms with Gasteiger partial charge in [0.2, 0.25) is 0 Å². The van der Waals surface area contributed by atoms with Crippen LogP contribution >= 0.6 is 0 Å². The summed E-state index contributed by atoms with van der Waals surface area (Å²) in [4.78, 5) is 36.1. The maximum Gasteiger partial charge on any atom is 0.303 e. The highest BCUT2D eigenvalue weighted by Crippen LogP contribution is 2.74. The molecule has 1 heterocycles. The molecular formula is C37H58O10. The summed E-state index contributed by atoms with van der Waals surface area (Å²) in [5.41, 5.74) is -0.457. The zero-order chi connectivity index (χ0) is 35.3. The highest BCUT2D eigenvalue weighted by atomic mass is 16.7. The first-order valence-electron chi connectivity index (χ1n) is 17.3. The summed E-state index contributed by atoms with van der Waals surface area (Å²) in [5, 5.41) is 43.6. The molecule has 4 N–H and O–H groups in total. The van der Waals surface area contributed by atoms with Gasteiger partial charge in [-0.3, -0.25) is 14.4 Å². The molecule has 0 aromatic rings. The van der Waals surface area contributed by atoms with Crippen molar-refractivity contribution in [1.29, 1.82) is 0 Å². The summed E-state index contributed by atoms with van der Waals surface area (Å²) in [5.74, 6) is -1.68. The van der Waals surface area contributed by atoms with Crippen LogP contribution < -0.4 is 0 Å². The fourth-order valence-corrected chi connectivity index (χ4v) is 10.7. The fraction of sp³-hybridized carbons (Fsp3) is 0.811. The molecule has 0 aromatic carbocycles. The van der Waals surface area contributed by atoms with Crippen LogP contribution in [0, 0.1) is 39.9 Å². The number of aliphatic carboxylic acids is 1. The Balaban J connectivity index is 1.70. The van der Waals surface area contributed by atoms with Gasteiger partial charge in [0.25, 0.3) is 0 Å². The van der Waals surface area contributed by atoms with E-state index in [1.54, 1.807) is 6.92 Å². The number of aliphatic hydroxyl groups is 3. The minimum Gasteiger partial charge on any atom is -0.481 e. The molecular weight excluding hydrogens is 604 g/mol. The van der Waals surface area contributed by atoms with Crippen molar-refractivity contribution in [1.82, 2.24) is 0 Å². The van der Waals surface area contributed by atoms with Crippen LogP contribution in [0.2, 0.25) is 0 Å². The Hall–Kier alpha value is -2.11. The predicted octanol–water partition coefficient (Wildman–Crippen LogP) is 4.97. The largest absolute Gasteiger partial charge is 0.481 e. The lowest BCUT2D eigenvalue weighted by Gasteiger charge is -2.67. The maximum atomic E-state index is 12.9. The normalized spacial score (nSPS) is 42.6. The molecule has 1 saturated heterocycles. The molecule has 3 aliphatic carbocycles. The van der Waals surface area contributed by atoms with Crippen LogP contribution in [0.3, 0.4) is 0 Å². The van der Waals surface area contributed by atoms with Crippen molar-refractivity contribution in [2.45, 2.75) is 143 Å². The number of hydrogen-bond donors (Lipinski definition) is 4. The van der Waals surface area contributed by atoms with Gasteiger partial charge in [-0.2, -0.15) is 0 Å². The highest BCUT2D eigenvalue weighted by Gasteiger charge is 2.70. The number of ketones is 1. The lowest BCUT2D eigenvalue weighted by molar-refractivity contribution is -0.261. The van der Waals surface area contributed by atoms with Crippen molar-refractivity contribution in [3.05, 3.63) is 24.3 Å². The second kappa shape index (κ2) is 13.7. The molecule has 4 fully saturated rings. The number of rotatable bonds is 13. The van der Waals surface area contributed by atoms with Crippen LogP contribution in [-0.2, 0) is 28.6 Å². The maximum absolute atomic E-state index is 12.9. The molecule has 0 radical (unpaired) electrons. The number of carbonyl (C=O) groups excluding carboxylic acids is 2. The number of carboxylic acids is 1. The van der Waals surface area contributed by atoms with E-state index in [1.807, 2.05) is 13.8 Å². The number of aliphatic hydroxyl groups excluding tert-OH is 3. The van der Waals surface area contributed by atoms with Gasteiger partial charge in [-0.05, 0) is 111 Å². The third kappa shape index (κ3) is 6.74. The second-order valence-corrected chi connectivity index (χ2v) is 16.2. The van der Waals surface area contributed by atoms with Gasteiger partial charge in [-0.15, -0.1) is 0 Å². The molecule has 0 bridgehead atoms. The summed E-state index contributed by atoms with van der Waals surface area (Å²) >= 11 is 0. The van der Waals surface area contributed by atoms with Crippen molar-refractivity contribution in [3.63, 3.8) is 0 Å². The number of carboxylic acid groups (broad SMARTS) is 1.